The molecule has 0 fully saturated rings. The Labute approximate surface area is 390 Å². The molecule has 0 aromatic heterocycles. The van der Waals surface area contributed by atoms with Crippen molar-refractivity contribution in [3.05, 3.63) is 247 Å². The van der Waals surface area contributed by atoms with Gasteiger partial charge in [0.1, 0.15) is 23.0 Å². The van der Waals surface area contributed by atoms with Gasteiger partial charge < -0.3 is 19.3 Å². The van der Waals surface area contributed by atoms with Gasteiger partial charge in [-0.2, -0.15) is 0 Å². The Kier molecular flexibility index (Phi) is 8.53. The molecule has 4 nitrogen and oxygen atoms in total. The molecular weight excluding hydrogens is 817 g/mol. The zero-order valence-corrected chi connectivity index (χ0v) is 37.3. The Morgan fingerprint density at radius 3 is 1.66 bits per heavy atom. The molecule has 0 radical (unpaired) electrons. The fourth-order valence-corrected chi connectivity index (χ4v) is 10.9. The number of hydrogen-bond donors (Lipinski definition) is 0. The van der Waals surface area contributed by atoms with E-state index in [9.17, 15) is 0 Å². The number of benzene rings is 10. The maximum Gasteiger partial charge on any atom is 0.137 e. The molecule has 10 aromatic rings. The molecule has 0 unspecified atom stereocenters. The Bertz CT molecular complexity index is 3680. The summed E-state index contributed by atoms with van der Waals surface area (Å²) in [6, 6.07) is 73.5. The van der Waals surface area contributed by atoms with E-state index in [0.29, 0.717) is 5.76 Å². The summed E-state index contributed by atoms with van der Waals surface area (Å²) in [6.45, 7) is 13.9. The van der Waals surface area contributed by atoms with Crippen LogP contribution in [0, 0.1) is 0 Å². The van der Waals surface area contributed by atoms with E-state index in [4.69, 9.17) is 9.47 Å². The van der Waals surface area contributed by atoms with Crippen molar-refractivity contribution in [2.24, 2.45) is 0 Å². The summed E-state index contributed by atoms with van der Waals surface area (Å²) < 4.78 is 13.6. The molecule has 318 valence electrons. The second kappa shape index (κ2) is 14.7. The molecule has 2 heterocycles. The van der Waals surface area contributed by atoms with Gasteiger partial charge in [-0.3, -0.25) is 0 Å². The van der Waals surface area contributed by atoms with Gasteiger partial charge in [0.25, 0.3) is 0 Å². The number of ether oxygens (including phenoxy) is 2. The molecule has 3 aliphatic rings. The molecule has 2 aliphatic heterocycles. The topological polar surface area (TPSA) is 24.9 Å². The van der Waals surface area contributed by atoms with Gasteiger partial charge in [0.15, 0.2) is 0 Å². The lowest BCUT2D eigenvalue weighted by Gasteiger charge is -2.32. The molecule has 0 N–H and O–H groups in total. The number of fused-ring (bicyclic) bond motifs is 12. The first kappa shape index (κ1) is 38.8. The minimum absolute atomic E-state index is 0.156. The second-order valence-electron chi connectivity index (χ2n) is 18.3. The van der Waals surface area contributed by atoms with Crippen molar-refractivity contribution in [1.82, 2.24) is 0 Å². The molecular formula is C63H44N2O2. The van der Waals surface area contributed by atoms with E-state index in [0.717, 1.165) is 84.8 Å². The maximum atomic E-state index is 6.82. The largest absolute Gasteiger partial charge is 0.457 e. The van der Waals surface area contributed by atoms with Gasteiger partial charge in [0.2, 0.25) is 0 Å². The second-order valence-corrected chi connectivity index (χ2v) is 18.3. The van der Waals surface area contributed by atoms with Crippen molar-refractivity contribution in [2.75, 3.05) is 9.80 Å². The lowest BCUT2D eigenvalue weighted by molar-refractivity contribution is 0.471. The molecule has 0 saturated heterocycles. The Balaban J connectivity index is 0.903. The highest BCUT2D eigenvalue weighted by molar-refractivity contribution is 6.09. The van der Waals surface area contributed by atoms with E-state index in [2.05, 4.69) is 231 Å². The van der Waals surface area contributed by atoms with Gasteiger partial charge in [-0.25, -0.2) is 0 Å². The number of rotatable bonds is 6. The van der Waals surface area contributed by atoms with Crippen molar-refractivity contribution in [2.45, 2.75) is 19.3 Å². The SMILES string of the molecule is C=C1c2ccc(N(c3ccccc3)c3ccccc3)cc2Oc2ccc3c(c21)C(=C)Oc1cc(N(c2ccc4c(c2)C(C)(C)c2ccccc2-4)c2ccc4c(ccc5ccccc54)c2)ccc1-3. The third-order valence-electron chi connectivity index (χ3n) is 14.1. The van der Waals surface area contributed by atoms with Crippen LogP contribution >= 0.6 is 0 Å². The summed E-state index contributed by atoms with van der Waals surface area (Å²) in [4.78, 5) is 4.60. The van der Waals surface area contributed by atoms with Gasteiger partial charge in [-0.05, 0) is 140 Å². The molecule has 67 heavy (non-hydrogen) atoms. The van der Waals surface area contributed by atoms with Crippen LogP contribution in [0.5, 0.6) is 17.2 Å². The monoisotopic (exact) mass is 860 g/mol. The fourth-order valence-electron chi connectivity index (χ4n) is 10.9. The van der Waals surface area contributed by atoms with Gasteiger partial charge in [0.05, 0.1) is 0 Å². The fraction of sp³-hybridized carbons (Fsp3) is 0.0476. The van der Waals surface area contributed by atoms with Crippen molar-refractivity contribution in [3.8, 4) is 39.5 Å². The Morgan fingerprint density at radius 1 is 0.358 bits per heavy atom. The van der Waals surface area contributed by atoms with Crippen molar-refractivity contribution >= 4 is 67.0 Å². The number of anilines is 6. The Morgan fingerprint density at radius 2 is 0.896 bits per heavy atom. The van der Waals surface area contributed by atoms with Crippen LogP contribution in [-0.4, -0.2) is 0 Å². The molecule has 0 atom stereocenters. The van der Waals surface area contributed by atoms with Crippen molar-refractivity contribution in [1.29, 1.82) is 0 Å². The van der Waals surface area contributed by atoms with Gasteiger partial charge >= 0.3 is 0 Å². The van der Waals surface area contributed by atoms with Crippen LogP contribution in [0.25, 0.3) is 55.1 Å². The van der Waals surface area contributed by atoms with Crippen LogP contribution in [0.4, 0.5) is 34.1 Å². The number of nitrogens with zero attached hydrogens (tertiary/aromatic N) is 2. The predicted molar refractivity (Wildman–Crippen MR) is 278 cm³/mol. The Hall–Kier alpha value is -8.60. The average Bonchev–Trinajstić information content (AvgIpc) is 3.59. The molecule has 0 spiro atoms. The normalized spacial score (nSPS) is 13.6. The highest BCUT2D eigenvalue weighted by Gasteiger charge is 2.36. The molecule has 0 saturated carbocycles. The van der Waals surface area contributed by atoms with Crippen LogP contribution in [0.2, 0.25) is 0 Å². The summed E-state index contributed by atoms with van der Waals surface area (Å²) in [7, 11) is 0. The predicted octanol–water partition coefficient (Wildman–Crippen LogP) is 17.4. The smallest absolute Gasteiger partial charge is 0.137 e. The zero-order valence-electron chi connectivity index (χ0n) is 37.3. The van der Waals surface area contributed by atoms with Crippen LogP contribution in [-0.2, 0) is 5.41 Å². The van der Waals surface area contributed by atoms with Gasteiger partial charge in [-0.1, -0.05) is 136 Å². The van der Waals surface area contributed by atoms with Crippen LogP contribution in [0.3, 0.4) is 0 Å². The standard InChI is InChI=1S/C63H44N2O2/c1-39-49-29-25-47(64(43-16-7-5-8-17-43)44-18-9-6-10-19-44)37-59(49)67-58-34-33-55-54-32-28-48(38-60(54)66-40(2)62(55)61(39)58)65(45-26-30-51-42(35-45)24-23-41-15-11-12-20-50(41)51)46-27-31-53-52-21-13-14-22-56(52)63(3,4)57(53)36-46/h5-38H,1-2H2,3-4H3. The summed E-state index contributed by atoms with van der Waals surface area (Å²) in [5.74, 6) is 2.78. The van der Waals surface area contributed by atoms with Crippen molar-refractivity contribution in [3.63, 3.8) is 0 Å². The first-order valence-electron chi connectivity index (χ1n) is 22.9. The maximum absolute atomic E-state index is 6.82. The zero-order chi connectivity index (χ0) is 45.0. The lowest BCUT2D eigenvalue weighted by atomic mass is 9.82. The summed E-state index contributed by atoms with van der Waals surface area (Å²) in [6.07, 6.45) is 0. The van der Waals surface area contributed by atoms with E-state index in [1.165, 1.54) is 43.8 Å². The van der Waals surface area contributed by atoms with Gasteiger partial charge in [0, 0.05) is 73.9 Å². The molecule has 0 amide bonds. The molecule has 13 rings (SSSR count). The van der Waals surface area contributed by atoms with E-state index >= 15 is 0 Å². The van der Waals surface area contributed by atoms with Crippen LogP contribution < -0.4 is 19.3 Å². The average molecular weight is 861 g/mol. The van der Waals surface area contributed by atoms with E-state index < -0.39 is 0 Å². The number of hydrogen-bond acceptors (Lipinski definition) is 4. The van der Waals surface area contributed by atoms with Crippen LogP contribution in [0.15, 0.2) is 219 Å². The third-order valence-corrected chi connectivity index (χ3v) is 14.1. The minimum atomic E-state index is -0.156. The molecule has 10 aromatic carbocycles. The van der Waals surface area contributed by atoms with Gasteiger partial charge in [-0.15, -0.1) is 0 Å². The van der Waals surface area contributed by atoms with E-state index in [1.54, 1.807) is 0 Å². The highest BCUT2D eigenvalue weighted by Crippen LogP contribution is 2.55. The van der Waals surface area contributed by atoms with E-state index in [1.807, 2.05) is 12.1 Å². The first-order chi connectivity index (χ1) is 32.8. The van der Waals surface area contributed by atoms with E-state index in [-0.39, 0.29) is 5.41 Å². The summed E-state index contributed by atoms with van der Waals surface area (Å²) in [5, 5.41) is 4.89. The number of para-hydroxylation sites is 2. The highest BCUT2D eigenvalue weighted by atomic mass is 16.5. The molecule has 4 heteroatoms. The quantitative estimate of drug-likeness (QED) is 0.156. The first-order valence-corrected chi connectivity index (χ1v) is 22.9. The summed E-state index contributed by atoms with van der Waals surface area (Å²) in [5.41, 5.74) is 16.9. The van der Waals surface area contributed by atoms with Crippen molar-refractivity contribution < 1.29 is 9.47 Å². The lowest BCUT2D eigenvalue weighted by Crippen LogP contribution is -2.17. The van der Waals surface area contributed by atoms with Crippen LogP contribution in [0.1, 0.15) is 41.7 Å². The summed E-state index contributed by atoms with van der Waals surface area (Å²) >= 11 is 0. The molecule has 1 aliphatic carbocycles. The third kappa shape index (κ3) is 6.00. The minimum Gasteiger partial charge on any atom is -0.457 e. The molecule has 0 bridgehead atoms.